The minimum absolute atomic E-state index is 0.455. The van der Waals surface area contributed by atoms with Crippen LogP contribution in [0.25, 0.3) is 0 Å². The summed E-state index contributed by atoms with van der Waals surface area (Å²) in [5, 5.41) is 8.32. The summed E-state index contributed by atoms with van der Waals surface area (Å²) in [6.07, 6.45) is 0.554. The van der Waals surface area contributed by atoms with Crippen molar-refractivity contribution in [1.82, 2.24) is 0 Å². The van der Waals surface area contributed by atoms with Gasteiger partial charge in [0.2, 0.25) is 0 Å². The Bertz CT molecular complexity index is 428. The monoisotopic (exact) mass is 286 g/mol. The summed E-state index contributed by atoms with van der Waals surface area (Å²) in [6.45, 7) is 1.83. The van der Waals surface area contributed by atoms with Gasteiger partial charge in [-0.15, -0.1) is 0 Å². The third-order valence-corrected chi connectivity index (χ3v) is 4.22. The van der Waals surface area contributed by atoms with Crippen LogP contribution in [-0.4, -0.2) is 9.46 Å². The van der Waals surface area contributed by atoms with Crippen LogP contribution < -0.4 is 5.73 Å². The number of rotatable bonds is 3. The summed E-state index contributed by atoms with van der Waals surface area (Å²) < 4.78 is 12.8. The zero-order valence-electron chi connectivity index (χ0n) is 8.24. The molecule has 0 aromatic heterocycles. The van der Waals surface area contributed by atoms with Crippen LogP contribution in [0.5, 0.6) is 0 Å². The lowest BCUT2D eigenvalue weighted by molar-refractivity contribution is 0.676. The Balaban J connectivity index is 3.07. The second kappa shape index (κ2) is 5.29. The van der Waals surface area contributed by atoms with Gasteiger partial charge < -0.3 is 5.73 Å². The second-order valence-corrected chi connectivity index (χ2v) is 5.52. The predicted molar refractivity (Wildman–Crippen MR) is 64.7 cm³/mol. The molecular weight excluding hydrogens is 276 g/mol. The number of nitrogen functional groups attached to an aromatic ring is 1. The fraction of sp³-hybridized carbons (Fsp3) is 0.300. The fourth-order valence-electron chi connectivity index (χ4n) is 1.15. The van der Waals surface area contributed by atoms with Crippen LogP contribution in [0, 0.1) is 11.3 Å². The average molecular weight is 287 g/mol. The van der Waals surface area contributed by atoms with E-state index in [0.717, 1.165) is 4.47 Å². The van der Waals surface area contributed by atoms with Crippen molar-refractivity contribution in [2.45, 2.75) is 23.5 Å². The number of anilines is 1. The highest BCUT2D eigenvalue weighted by Crippen LogP contribution is 2.24. The molecule has 0 saturated heterocycles. The maximum atomic E-state index is 11.9. The lowest BCUT2D eigenvalue weighted by Gasteiger charge is -2.09. The van der Waals surface area contributed by atoms with Gasteiger partial charge in [-0.2, -0.15) is 5.26 Å². The standard InChI is InChI=1S/C10H11BrN2OS/c1-2-8(6-12)15(14)10-4-3-7(11)5-9(10)13/h3-5,8H,2,13H2,1H3. The van der Waals surface area contributed by atoms with Gasteiger partial charge in [0.05, 0.1) is 21.8 Å². The van der Waals surface area contributed by atoms with Gasteiger partial charge in [-0.3, -0.25) is 4.21 Å². The first kappa shape index (κ1) is 12.2. The zero-order chi connectivity index (χ0) is 11.4. The van der Waals surface area contributed by atoms with E-state index in [9.17, 15) is 4.21 Å². The van der Waals surface area contributed by atoms with E-state index in [1.165, 1.54) is 0 Å². The lowest BCUT2D eigenvalue weighted by atomic mass is 10.3. The smallest absolute Gasteiger partial charge is 0.126 e. The van der Waals surface area contributed by atoms with Crippen LogP contribution >= 0.6 is 15.9 Å². The molecule has 2 atom stereocenters. The number of halogens is 1. The number of hydrogen-bond acceptors (Lipinski definition) is 3. The summed E-state index contributed by atoms with van der Waals surface area (Å²) in [5.41, 5.74) is 6.19. The molecule has 0 heterocycles. The maximum Gasteiger partial charge on any atom is 0.126 e. The van der Waals surface area contributed by atoms with Crippen molar-refractivity contribution in [2.24, 2.45) is 0 Å². The predicted octanol–water partition coefficient (Wildman–Crippen LogP) is 2.44. The minimum Gasteiger partial charge on any atom is -0.398 e. The number of nitriles is 1. The van der Waals surface area contributed by atoms with E-state index in [2.05, 4.69) is 15.9 Å². The SMILES string of the molecule is CCC(C#N)S(=O)c1ccc(Br)cc1N. The molecule has 1 aromatic rings. The fourth-order valence-corrected chi connectivity index (χ4v) is 2.72. The first-order valence-corrected chi connectivity index (χ1v) is 6.46. The first-order chi connectivity index (χ1) is 7.10. The molecule has 1 aromatic carbocycles. The quantitative estimate of drug-likeness (QED) is 0.868. The molecule has 2 N–H and O–H groups in total. The Kier molecular flexibility index (Phi) is 4.30. The van der Waals surface area contributed by atoms with E-state index >= 15 is 0 Å². The van der Waals surface area contributed by atoms with Gasteiger partial charge in [-0.1, -0.05) is 22.9 Å². The van der Waals surface area contributed by atoms with Crippen LogP contribution in [0.4, 0.5) is 5.69 Å². The van der Waals surface area contributed by atoms with E-state index in [4.69, 9.17) is 11.0 Å². The Labute approximate surface area is 99.9 Å². The van der Waals surface area contributed by atoms with Gasteiger partial charge >= 0.3 is 0 Å². The minimum atomic E-state index is -1.35. The molecule has 0 spiro atoms. The molecule has 15 heavy (non-hydrogen) atoms. The largest absolute Gasteiger partial charge is 0.398 e. The van der Waals surface area contributed by atoms with Crippen LogP contribution in [0.3, 0.4) is 0 Å². The molecule has 0 bridgehead atoms. The molecule has 0 aliphatic rings. The number of hydrogen-bond donors (Lipinski definition) is 1. The van der Waals surface area contributed by atoms with Crippen LogP contribution in [0.2, 0.25) is 0 Å². The molecule has 0 saturated carbocycles. The number of benzene rings is 1. The zero-order valence-corrected chi connectivity index (χ0v) is 10.6. The Morgan fingerprint density at radius 2 is 2.33 bits per heavy atom. The normalized spacial score (nSPS) is 14.2. The molecule has 1 rings (SSSR count). The van der Waals surface area contributed by atoms with Crippen molar-refractivity contribution in [2.75, 3.05) is 5.73 Å². The number of nitrogens with zero attached hydrogens (tertiary/aromatic N) is 1. The van der Waals surface area contributed by atoms with Crippen molar-refractivity contribution in [3.8, 4) is 6.07 Å². The molecule has 0 radical (unpaired) electrons. The maximum absolute atomic E-state index is 11.9. The average Bonchev–Trinajstić information content (AvgIpc) is 2.19. The van der Waals surface area contributed by atoms with Gasteiger partial charge in [0, 0.05) is 10.2 Å². The van der Waals surface area contributed by atoms with Gasteiger partial charge in [0.1, 0.15) is 5.25 Å². The van der Waals surface area contributed by atoms with E-state index < -0.39 is 16.0 Å². The Hall–Kier alpha value is -0.860. The first-order valence-electron chi connectivity index (χ1n) is 4.45. The van der Waals surface area contributed by atoms with Crippen LogP contribution in [0.1, 0.15) is 13.3 Å². The summed E-state index contributed by atoms with van der Waals surface area (Å²) in [7, 11) is -1.35. The van der Waals surface area contributed by atoms with Gasteiger partial charge in [-0.25, -0.2) is 0 Å². The van der Waals surface area contributed by atoms with Gasteiger partial charge in [0.15, 0.2) is 0 Å². The van der Waals surface area contributed by atoms with E-state index in [-0.39, 0.29) is 0 Å². The van der Waals surface area contributed by atoms with Crippen LogP contribution in [0.15, 0.2) is 27.6 Å². The van der Waals surface area contributed by atoms with Gasteiger partial charge in [0.25, 0.3) is 0 Å². The Morgan fingerprint density at radius 3 is 2.80 bits per heavy atom. The molecule has 80 valence electrons. The molecular formula is C10H11BrN2OS. The van der Waals surface area contributed by atoms with Crippen molar-refractivity contribution in [1.29, 1.82) is 5.26 Å². The molecule has 5 heteroatoms. The molecule has 0 fully saturated rings. The van der Waals surface area contributed by atoms with Crippen molar-refractivity contribution >= 4 is 32.4 Å². The lowest BCUT2D eigenvalue weighted by Crippen LogP contribution is -2.13. The van der Waals surface area contributed by atoms with Crippen molar-refractivity contribution in [3.05, 3.63) is 22.7 Å². The second-order valence-electron chi connectivity index (χ2n) is 3.01. The van der Waals surface area contributed by atoms with E-state index in [1.54, 1.807) is 18.2 Å². The summed E-state index contributed by atoms with van der Waals surface area (Å²) >= 11 is 3.27. The molecule has 0 amide bonds. The Morgan fingerprint density at radius 1 is 1.67 bits per heavy atom. The van der Waals surface area contributed by atoms with E-state index in [1.807, 2.05) is 13.0 Å². The highest BCUT2D eigenvalue weighted by molar-refractivity contribution is 9.10. The molecule has 2 unspecified atom stereocenters. The highest BCUT2D eigenvalue weighted by Gasteiger charge is 2.17. The van der Waals surface area contributed by atoms with Crippen molar-refractivity contribution in [3.63, 3.8) is 0 Å². The highest BCUT2D eigenvalue weighted by atomic mass is 79.9. The summed E-state index contributed by atoms with van der Waals surface area (Å²) in [5.74, 6) is 0. The summed E-state index contributed by atoms with van der Waals surface area (Å²) in [4.78, 5) is 0.534. The van der Waals surface area contributed by atoms with Crippen molar-refractivity contribution < 1.29 is 4.21 Å². The van der Waals surface area contributed by atoms with Crippen LogP contribution in [-0.2, 0) is 10.8 Å². The molecule has 0 aliphatic heterocycles. The molecule has 0 aliphatic carbocycles. The third kappa shape index (κ3) is 2.80. The topological polar surface area (TPSA) is 66.9 Å². The third-order valence-electron chi connectivity index (χ3n) is 1.96. The summed E-state index contributed by atoms with van der Waals surface area (Å²) in [6, 6.07) is 7.18. The van der Waals surface area contributed by atoms with Gasteiger partial charge in [-0.05, 0) is 24.6 Å². The van der Waals surface area contributed by atoms with E-state index in [0.29, 0.717) is 17.0 Å². The molecule has 3 nitrogen and oxygen atoms in total. The number of nitrogens with two attached hydrogens (primary N) is 1.